The van der Waals surface area contributed by atoms with Crippen molar-refractivity contribution < 1.29 is 0 Å². The van der Waals surface area contributed by atoms with Gasteiger partial charge in [-0.2, -0.15) is 11.8 Å². The van der Waals surface area contributed by atoms with E-state index in [9.17, 15) is 0 Å². The normalized spacial score (nSPS) is 26.8. The predicted octanol–water partition coefficient (Wildman–Crippen LogP) is 5.49. The molecule has 3 atom stereocenters. The minimum atomic E-state index is 0.552. The molecule has 1 aromatic heterocycles. The number of pyridine rings is 1. The van der Waals surface area contributed by atoms with Gasteiger partial charge in [0.15, 0.2) is 0 Å². The molecule has 0 amide bonds. The number of hydrogen-bond donors (Lipinski definition) is 0. The van der Waals surface area contributed by atoms with Crippen molar-refractivity contribution >= 4 is 11.8 Å². The zero-order valence-corrected chi connectivity index (χ0v) is 14.8. The van der Waals surface area contributed by atoms with Crippen molar-refractivity contribution in [3.8, 4) is 0 Å². The molecule has 0 aromatic carbocycles. The standard InChI is InChI=1S/C18H29NS/c1-10(2)15-8-12(5)19-18-13(6)14(7)20-9-16(11(3)4)17(15)18/h8,10-11,13-14,16H,9H2,1-7H3/t13-,14+,16?/m1/s1. The second-order valence-corrected chi connectivity index (χ2v) is 8.39. The first-order valence-electron chi connectivity index (χ1n) is 7.95. The molecule has 1 unspecified atom stereocenters. The summed E-state index contributed by atoms with van der Waals surface area (Å²) in [7, 11) is 0. The van der Waals surface area contributed by atoms with Gasteiger partial charge in [-0.25, -0.2) is 0 Å². The summed E-state index contributed by atoms with van der Waals surface area (Å²) in [4.78, 5) is 4.97. The van der Waals surface area contributed by atoms with Gasteiger partial charge >= 0.3 is 0 Å². The van der Waals surface area contributed by atoms with E-state index in [1.165, 1.54) is 22.7 Å². The summed E-state index contributed by atoms with van der Waals surface area (Å²) in [5.74, 6) is 3.70. The van der Waals surface area contributed by atoms with Crippen LogP contribution in [0.5, 0.6) is 0 Å². The Morgan fingerprint density at radius 3 is 2.40 bits per heavy atom. The van der Waals surface area contributed by atoms with Gasteiger partial charge in [-0.15, -0.1) is 0 Å². The molecule has 0 aliphatic carbocycles. The second kappa shape index (κ2) is 6.09. The molecule has 0 N–H and O–H groups in total. The van der Waals surface area contributed by atoms with Gasteiger partial charge in [0, 0.05) is 28.3 Å². The lowest BCUT2D eigenvalue weighted by Crippen LogP contribution is -2.16. The number of nitrogens with zero attached hydrogens (tertiary/aromatic N) is 1. The first-order chi connectivity index (χ1) is 9.32. The fourth-order valence-corrected chi connectivity index (χ4v) is 4.67. The van der Waals surface area contributed by atoms with Gasteiger partial charge in [-0.3, -0.25) is 4.98 Å². The number of rotatable bonds is 2. The molecule has 0 bridgehead atoms. The number of hydrogen-bond acceptors (Lipinski definition) is 2. The van der Waals surface area contributed by atoms with Crippen molar-refractivity contribution in [2.45, 2.75) is 71.5 Å². The zero-order valence-electron chi connectivity index (χ0n) is 14.0. The van der Waals surface area contributed by atoms with Crippen LogP contribution in [0.15, 0.2) is 6.07 Å². The van der Waals surface area contributed by atoms with Gasteiger partial charge in [-0.05, 0) is 41.9 Å². The monoisotopic (exact) mass is 291 g/mol. The molecule has 2 heterocycles. The number of aromatic nitrogens is 1. The first kappa shape index (κ1) is 15.9. The van der Waals surface area contributed by atoms with Gasteiger partial charge in [0.25, 0.3) is 0 Å². The van der Waals surface area contributed by atoms with Crippen LogP contribution in [0, 0.1) is 12.8 Å². The highest BCUT2D eigenvalue weighted by Crippen LogP contribution is 2.44. The highest BCUT2D eigenvalue weighted by atomic mass is 32.2. The van der Waals surface area contributed by atoms with E-state index >= 15 is 0 Å². The van der Waals surface area contributed by atoms with E-state index in [4.69, 9.17) is 4.98 Å². The van der Waals surface area contributed by atoms with E-state index < -0.39 is 0 Å². The first-order valence-corrected chi connectivity index (χ1v) is 9.00. The van der Waals surface area contributed by atoms with Gasteiger partial charge in [0.05, 0.1) is 0 Å². The van der Waals surface area contributed by atoms with Crippen LogP contribution in [0.1, 0.15) is 81.8 Å². The topological polar surface area (TPSA) is 12.9 Å². The fourth-order valence-electron chi connectivity index (χ4n) is 3.19. The van der Waals surface area contributed by atoms with E-state index in [-0.39, 0.29) is 0 Å². The molecule has 2 heteroatoms. The van der Waals surface area contributed by atoms with E-state index in [1.54, 1.807) is 5.56 Å². The molecular weight excluding hydrogens is 262 g/mol. The number of fused-ring (bicyclic) bond motifs is 1. The summed E-state index contributed by atoms with van der Waals surface area (Å²) in [5, 5.41) is 0.659. The Balaban J connectivity index is 2.68. The molecule has 1 nitrogen and oxygen atoms in total. The molecule has 0 spiro atoms. The summed E-state index contributed by atoms with van der Waals surface area (Å²) >= 11 is 2.13. The van der Waals surface area contributed by atoms with Crippen molar-refractivity contribution in [2.75, 3.05) is 5.75 Å². The van der Waals surface area contributed by atoms with Crippen molar-refractivity contribution in [1.29, 1.82) is 0 Å². The lowest BCUT2D eigenvalue weighted by Gasteiger charge is -2.26. The van der Waals surface area contributed by atoms with Crippen LogP contribution in [-0.4, -0.2) is 16.0 Å². The third kappa shape index (κ3) is 2.90. The molecular formula is C18H29NS. The van der Waals surface area contributed by atoms with E-state index in [0.717, 1.165) is 0 Å². The highest BCUT2D eigenvalue weighted by Gasteiger charge is 2.32. The van der Waals surface area contributed by atoms with Gasteiger partial charge < -0.3 is 0 Å². The maximum absolute atomic E-state index is 4.97. The third-order valence-electron chi connectivity index (χ3n) is 4.72. The SMILES string of the molecule is Cc1cc(C(C)C)c2c(n1)[C@H](C)[C@H](C)SCC2C(C)C. The summed E-state index contributed by atoms with van der Waals surface area (Å²) in [6.45, 7) is 16.2. The van der Waals surface area contributed by atoms with Crippen molar-refractivity contribution in [3.63, 3.8) is 0 Å². The lowest BCUT2D eigenvalue weighted by molar-refractivity contribution is 0.528. The van der Waals surface area contributed by atoms with Gasteiger partial charge in [0.2, 0.25) is 0 Å². The van der Waals surface area contributed by atoms with E-state index in [1.807, 2.05) is 0 Å². The summed E-state index contributed by atoms with van der Waals surface area (Å²) in [6.07, 6.45) is 0. The van der Waals surface area contributed by atoms with Crippen LogP contribution < -0.4 is 0 Å². The van der Waals surface area contributed by atoms with E-state index in [2.05, 4.69) is 66.3 Å². The Labute approximate surface area is 129 Å². The summed E-state index contributed by atoms with van der Waals surface area (Å²) in [5.41, 5.74) is 5.67. The van der Waals surface area contributed by atoms with Crippen LogP contribution >= 0.6 is 11.8 Å². The quantitative estimate of drug-likeness (QED) is 0.714. The van der Waals surface area contributed by atoms with Crippen LogP contribution in [-0.2, 0) is 0 Å². The largest absolute Gasteiger partial charge is 0.258 e. The minimum Gasteiger partial charge on any atom is -0.258 e. The fraction of sp³-hybridized carbons (Fsp3) is 0.722. The summed E-state index contributed by atoms with van der Waals surface area (Å²) in [6, 6.07) is 2.33. The van der Waals surface area contributed by atoms with Crippen molar-refractivity contribution in [3.05, 3.63) is 28.6 Å². The van der Waals surface area contributed by atoms with E-state index in [0.29, 0.717) is 28.9 Å². The average Bonchev–Trinajstić information content (AvgIpc) is 2.48. The van der Waals surface area contributed by atoms with Crippen LogP contribution in [0.4, 0.5) is 0 Å². The van der Waals surface area contributed by atoms with Gasteiger partial charge in [-0.1, -0.05) is 41.5 Å². The molecule has 112 valence electrons. The third-order valence-corrected chi connectivity index (χ3v) is 6.21. The molecule has 1 aliphatic rings. The smallest absolute Gasteiger partial charge is 0.0483 e. The van der Waals surface area contributed by atoms with Crippen LogP contribution in [0.3, 0.4) is 0 Å². The van der Waals surface area contributed by atoms with Crippen molar-refractivity contribution in [1.82, 2.24) is 4.98 Å². The maximum Gasteiger partial charge on any atom is 0.0483 e. The molecule has 20 heavy (non-hydrogen) atoms. The average molecular weight is 292 g/mol. The van der Waals surface area contributed by atoms with Crippen molar-refractivity contribution in [2.24, 2.45) is 5.92 Å². The second-order valence-electron chi connectivity index (χ2n) is 6.98. The number of aryl methyl sites for hydroxylation is 1. The van der Waals surface area contributed by atoms with Crippen LogP contribution in [0.2, 0.25) is 0 Å². The lowest BCUT2D eigenvalue weighted by atomic mass is 9.80. The highest BCUT2D eigenvalue weighted by molar-refractivity contribution is 7.99. The maximum atomic E-state index is 4.97. The zero-order chi connectivity index (χ0) is 15.0. The molecule has 0 saturated heterocycles. The molecule has 2 rings (SSSR count). The Morgan fingerprint density at radius 2 is 1.85 bits per heavy atom. The Morgan fingerprint density at radius 1 is 1.20 bits per heavy atom. The Bertz CT molecular complexity index is 479. The molecule has 1 aromatic rings. The van der Waals surface area contributed by atoms with Crippen LogP contribution in [0.25, 0.3) is 0 Å². The predicted molar refractivity (Wildman–Crippen MR) is 91.0 cm³/mol. The Kier molecular flexibility index (Phi) is 4.84. The molecule has 0 fully saturated rings. The number of thioether (sulfide) groups is 1. The minimum absolute atomic E-state index is 0.552. The Hall–Kier alpha value is -0.500. The summed E-state index contributed by atoms with van der Waals surface area (Å²) < 4.78 is 0. The molecule has 0 radical (unpaired) electrons. The molecule has 0 saturated carbocycles. The molecule has 1 aliphatic heterocycles. The van der Waals surface area contributed by atoms with Gasteiger partial charge in [0.1, 0.15) is 0 Å².